The lowest BCUT2D eigenvalue weighted by Crippen LogP contribution is -2.52. The van der Waals surface area contributed by atoms with Gasteiger partial charge in [0.25, 0.3) is 5.91 Å². The summed E-state index contributed by atoms with van der Waals surface area (Å²) < 4.78 is 5.62. The molecule has 0 spiro atoms. The third-order valence-corrected chi connectivity index (χ3v) is 5.57. The SMILES string of the molecule is CN=C(NCc1cccc(OCC(=O)N(C)C)c1)N1CCN(C/C=C/c2ccccc2)CC1.I. The second kappa shape index (κ2) is 14.6. The summed E-state index contributed by atoms with van der Waals surface area (Å²) >= 11 is 0. The Morgan fingerprint density at radius 3 is 2.50 bits per heavy atom. The summed E-state index contributed by atoms with van der Waals surface area (Å²) in [6, 6.07) is 18.2. The van der Waals surface area contributed by atoms with Crippen LogP contribution in [0.2, 0.25) is 0 Å². The number of aliphatic imine (C=N–C) groups is 1. The van der Waals surface area contributed by atoms with Crippen LogP contribution in [-0.4, -0.2) is 87.0 Å². The molecule has 7 nitrogen and oxygen atoms in total. The molecular weight excluding hydrogens is 541 g/mol. The van der Waals surface area contributed by atoms with E-state index in [1.807, 2.05) is 37.4 Å². The number of halogens is 1. The number of hydrogen-bond acceptors (Lipinski definition) is 4. The lowest BCUT2D eigenvalue weighted by atomic mass is 10.2. The van der Waals surface area contributed by atoms with E-state index in [1.54, 1.807) is 14.1 Å². The predicted molar refractivity (Wildman–Crippen MR) is 150 cm³/mol. The number of amides is 1. The van der Waals surface area contributed by atoms with Gasteiger partial charge in [-0.25, -0.2) is 0 Å². The van der Waals surface area contributed by atoms with Gasteiger partial charge in [0.15, 0.2) is 12.6 Å². The van der Waals surface area contributed by atoms with Crippen molar-refractivity contribution in [2.45, 2.75) is 6.54 Å². The minimum absolute atomic E-state index is 0. The fourth-order valence-corrected chi connectivity index (χ4v) is 3.58. The highest BCUT2D eigenvalue weighted by atomic mass is 127. The Hall–Kier alpha value is -2.59. The van der Waals surface area contributed by atoms with Crippen molar-refractivity contribution < 1.29 is 9.53 Å². The number of carbonyl (C=O) groups is 1. The molecule has 0 unspecified atom stereocenters. The highest BCUT2D eigenvalue weighted by molar-refractivity contribution is 14.0. The standard InChI is InChI=1S/C26H35N5O2.HI/c1-27-26(28-20-23-11-7-13-24(19-23)33-21-25(32)29(2)3)31-17-15-30(16-18-31)14-8-12-22-9-5-4-6-10-22;/h4-13,19H,14-18,20-21H2,1-3H3,(H,27,28);1H/b12-8+;. The molecule has 2 aromatic rings. The molecule has 1 aliphatic heterocycles. The lowest BCUT2D eigenvalue weighted by Gasteiger charge is -2.36. The number of likely N-dealkylation sites (N-methyl/N-ethyl adjacent to an activating group) is 1. The van der Waals surface area contributed by atoms with Crippen molar-refractivity contribution in [1.82, 2.24) is 20.0 Å². The summed E-state index contributed by atoms with van der Waals surface area (Å²) in [7, 11) is 5.27. The van der Waals surface area contributed by atoms with Gasteiger partial charge in [0.2, 0.25) is 0 Å². The van der Waals surface area contributed by atoms with Crippen LogP contribution >= 0.6 is 24.0 Å². The number of hydrogen-bond donors (Lipinski definition) is 1. The maximum absolute atomic E-state index is 11.7. The van der Waals surface area contributed by atoms with E-state index in [-0.39, 0.29) is 36.5 Å². The Balaban J connectivity index is 0.00000408. The van der Waals surface area contributed by atoms with Gasteiger partial charge in [-0.05, 0) is 23.3 Å². The number of piperazine rings is 1. The molecule has 0 bridgehead atoms. The maximum atomic E-state index is 11.7. The van der Waals surface area contributed by atoms with Crippen LogP contribution in [0.3, 0.4) is 0 Å². The smallest absolute Gasteiger partial charge is 0.259 e. The number of rotatable bonds is 8. The Labute approximate surface area is 220 Å². The second-order valence-corrected chi connectivity index (χ2v) is 8.23. The molecule has 2 aromatic carbocycles. The van der Waals surface area contributed by atoms with E-state index in [2.05, 4.69) is 56.5 Å². The third-order valence-electron chi connectivity index (χ3n) is 5.57. The fourth-order valence-electron chi connectivity index (χ4n) is 3.58. The van der Waals surface area contributed by atoms with Gasteiger partial charge in [-0.3, -0.25) is 14.7 Å². The van der Waals surface area contributed by atoms with Gasteiger partial charge in [-0.2, -0.15) is 0 Å². The van der Waals surface area contributed by atoms with E-state index in [0.717, 1.165) is 44.2 Å². The van der Waals surface area contributed by atoms with Crippen LogP contribution in [-0.2, 0) is 11.3 Å². The molecule has 1 fully saturated rings. The maximum Gasteiger partial charge on any atom is 0.259 e. The first-order valence-corrected chi connectivity index (χ1v) is 11.4. The van der Waals surface area contributed by atoms with Crippen molar-refractivity contribution in [2.75, 3.05) is 60.5 Å². The summed E-state index contributed by atoms with van der Waals surface area (Å²) in [6.07, 6.45) is 4.42. The largest absolute Gasteiger partial charge is 0.484 e. The van der Waals surface area contributed by atoms with Crippen LogP contribution < -0.4 is 10.1 Å². The van der Waals surface area contributed by atoms with Crippen LogP contribution in [0.25, 0.3) is 6.08 Å². The van der Waals surface area contributed by atoms with Gasteiger partial charge in [0, 0.05) is 60.4 Å². The highest BCUT2D eigenvalue weighted by Crippen LogP contribution is 2.14. The van der Waals surface area contributed by atoms with E-state index < -0.39 is 0 Å². The van der Waals surface area contributed by atoms with Crippen LogP contribution in [0.15, 0.2) is 65.7 Å². The second-order valence-electron chi connectivity index (χ2n) is 8.23. The average molecular weight is 578 g/mol. The molecule has 8 heteroatoms. The van der Waals surface area contributed by atoms with E-state index in [4.69, 9.17) is 4.74 Å². The molecule has 184 valence electrons. The molecule has 34 heavy (non-hydrogen) atoms. The zero-order chi connectivity index (χ0) is 23.5. The molecule has 0 radical (unpaired) electrons. The van der Waals surface area contributed by atoms with E-state index in [0.29, 0.717) is 12.3 Å². The quantitative estimate of drug-likeness (QED) is 0.297. The summed E-state index contributed by atoms with van der Waals surface area (Å²) in [4.78, 5) is 22.5. The number of carbonyl (C=O) groups excluding carboxylic acids is 1. The van der Waals surface area contributed by atoms with Crippen molar-refractivity contribution in [2.24, 2.45) is 4.99 Å². The first kappa shape index (κ1) is 27.7. The topological polar surface area (TPSA) is 60.4 Å². The van der Waals surface area contributed by atoms with Crippen LogP contribution in [0.4, 0.5) is 0 Å². The lowest BCUT2D eigenvalue weighted by molar-refractivity contribution is -0.130. The van der Waals surface area contributed by atoms with Crippen molar-refractivity contribution in [1.29, 1.82) is 0 Å². The summed E-state index contributed by atoms with van der Waals surface area (Å²) in [5.41, 5.74) is 2.31. The monoisotopic (exact) mass is 577 g/mol. The minimum Gasteiger partial charge on any atom is -0.484 e. The Kier molecular flexibility index (Phi) is 11.9. The summed E-state index contributed by atoms with van der Waals surface area (Å²) in [5.74, 6) is 1.54. The predicted octanol–water partition coefficient (Wildman–Crippen LogP) is 3.18. The van der Waals surface area contributed by atoms with Gasteiger partial charge < -0.3 is 19.9 Å². The van der Waals surface area contributed by atoms with Crippen molar-refractivity contribution in [3.05, 3.63) is 71.8 Å². The highest BCUT2D eigenvalue weighted by Gasteiger charge is 2.18. The molecule has 1 amide bonds. The molecule has 3 rings (SSSR count). The number of ether oxygens (including phenoxy) is 1. The number of benzene rings is 2. The van der Waals surface area contributed by atoms with Crippen molar-refractivity contribution >= 4 is 41.9 Å². The van der Waals surface area contributed by atoms with Crippen LogP contribution in [0.5, 0.6) is 5.75 Å². The third kappa shape index (κ3) is 8.98. The zero-order valence-electron chi connectivity index (χ0n) is 20.3. The molecular formula is C26H36IN5O2. The minimum atomic E-state index is -0.0615. The molecule has 1 N–H and O–H groups in total. The first-order valence-electron chi connectivity index (χ1n) is 11.4. The van der Waals surface area contributed by atoms with Crippen LogP contribution in [0, 0.1) is 0 Å². The van der Waals surface area contributed by atoms with Gasteiger partial charge in [-0.1, -0.05) is 54.6 Å². The van der Waals surface area contributed by atoms with Crippen molar-refractivity contribution in [3.63, 3.8) is 0 Å². The van der Waals surface area contributed by atoms with E-state index in [9.17, 15) is 4.79 Å². The number of nitrogens with one attached hydrogen (secondary N) is 1. The van der Waals surface area contributed by atoms with Gasteiger partial charge in [0.1, 0.15) is 5.75 Å². The molecule has 1 aliphatic rings. The van der Waals surface area contributed by atoms with Gasteiger partial charge in [0.05, 0.1) is 0 Å². The number of nitrogens with zero attached hydrogens (tertiary/aromatic N) is 4. The molecule has 0 saturated carbocycles. The molecule has 0 aliphatic carbocycles. The van der Waals surface area contributed by atoms with Crippen molar-refractivity contribution in [3.8, 4) is 5.75 Å². The zero-order valence-corrected chi connectivity index (χ0v) is 22.6. The normalized spacial score (nSPS) is 14.6. The Morgan fingerprint density at radius 1 is 1.09 bits per heavy atom. The van der Waals surface area contributed by atoms with Gasteiger partial charge in [-0.15, -0.1) is 24.0 Å². The fraction of sp³-hybridized carbons (Fsp3) is 0.385. The Morgan fingerprint density at radius 2 is 1.82 bits per heavy atom. The van der Waals surface area contributed by atoms with Gasteiger partial charge >= 0.3 is 0 Å². The molecule has 0 atom stereocenters. The molecule has 1 saturated heterocycles. The summed E-state index contributed by atoms with van der Waals surface area (Å²) in [5, 5.41) is 3.46. The number of guanidine groups is 1. The van der Waals surface area contributed by atoms with E-state index >= 15 is 0 Å². The summed E-state index contributed by atoms with van der Waals surface area (Å²) in [6.45, 7) is 5.52. The van der Waals surface area contributed by atoms with Crippen LogP contribution in [0.1, 0.15) is 11.1 Å². The Bertz CT molecular complexity index is 941. The molecule has 1 heterocycles. The first-order chi connectivity index (χ1) is 16.0. The van der Waals surface area contributed by atoms with E-state index in [1.165, 1.54) is 10.5 Å². The average Bonchev–Trinajstić information content (AvgIpc) is 2.84. The molecule has 0 aromatic heterocycles.